The number of benzene rings is 3. The monoisotopic (exact) mass is 336 g/mol. The molecule has 0 radical (unpaired) electrons. The van der Waals surface area contributed by atoms with Crippen molar-refractivity contribution in [2.75, 3.05) is 0 Å². The average molecular weight is 337 g/mol. The molecule has 0 N–H and O–H groups in total. The second-order valence-corrected chi connectivity index (χ2v) is 6.47. The Kier molecular flexibility index (Phi) is 5.03. The first-order valence-electron chi connectivity index (χ1n) is 8.18. The van der Waals surface area contributed by atoms with Gasteiger partial charge in [-0.05, 0) is 31.0 Å². The standard InChI is InChI=1S/C22H21ClO/c1-17(2)24-22(18-11-5-3-6-12-18,19-13-7-4-8-14-19)20-15-9-10-16-21(20)23/h3-17H,1-2H3. The van der Waals surface area contributed by atoms with Crippen LogP contribution >= 0.6 is 11.6 Å². The highest BCUT2D eigenvalue weighted by Crippen LogP contribution is 2.43. The van der Waals surface area contributed by atoms with Crippen molar-refractivity contribution in [2.45, 2.75) is 25.6 Å². The molecule has 0 saturated carbocycles. The SMILES string of the molecule is CC(C)OC(c1ccccc1)(c1ccccc1)c1ccccc1Cl. The zero-order valence-electron chi connectivity index (χ0n) is 13.9. The van der Waals surface area contributed by atoms with Gasteiger partial charge in [0, 0.05) is 10.6 Å². The minimum Gasteiger partial charge on any atom is -0.358 e. The van der Waals surface area contributed by atoms with Crippen LogP contribution in [0.25, 0.3) is 0 Å². The lowest BCUT2D eigenvalue weighted by molar-refractivity contribution is -0.0292. The number of halogens is 1. The maximum absolute atomic E-state index is 6.61. The number of rotatable bonds is 5. The Hall–Kier alpha value is -2.09. The Labute approximate surface area is 148 Å². The maximum atomic E-state index is 6.61. The normalized spacial score (nSPS) is 11.7. The lowest BCUT2D eigenvalue weighted by atomic mass is 9.80. The molecular weight excluding hydrogens is 316 g/mol. The van der Waals surface area contributed by atoms with E-state index in [4.69, 9.17) is 16.3 Å². The predicted octanol–water partition coefficient (Wildman–Crippen LogP) is 6.06. The molecule has 0 atom stereocenters. The molecule has 3 aromatic carbocycles. The smallest absolute Gasteiger partial charge is 0.145 e. The third kappa shape index (κ3) is 3.10. The molecule has 0 heterocycles. The van der Waals surface area contributed by atoms with E-state index in [1.54, 1.807) is 0 Å². The van der Waals surface area contributed by atoms with Crippen molar-refractivity contribution < 1.29 is 4.74 Å². The van der Waals surface area contributed by atoms with E-state index in [-0.39, 0.29) is 6.10 Å². The van der Waals surface area contributed by atoms with E-state index in [2.05, 4.69) is 38.1 Å². The van der Waals surface area contributed by atoms with Crippen LogP contribution < -0.4 is 0 Å². The van der Waals surface area contributed by atoms with Crippen molar-refractivity contribution in [3.8, 4) is 0 Å². The minimum atomic E-state index is -0.741. The molecule has 0 saturated heterocycles. The Morgan fingerprint density at radius 2 is 1.17 bits per heavy atom. The molecule has 1 nitrogen and oxygen atoms in total. The largest absolute Gasteiger partial charge is 0.358 e. The molecule has 122 valence electrons. The third-order valence-electron chi connectivity index (χ3n) is 4.03. The van der Waals surface area contributed by atoms with E-state index >= 15 is 0 Å². The molecule has 0 spiro atoms. The van der Waals surface area contributed by atoms with Crippen molar-refractivity contribution in [1.82, 2.24) is 0 Å². The zero-order valence-corrected chi connectivity index (χ0v) is 14.7. The molecule has 0 aliphatic carbocycles. The van der Waals surface area contributed by atoms with Crippen LogP contribution in [-0.4, -0.2) is 6.10 Å². The van der Waals surface area contributed by atoms with Crippen molar-refractivity contribution in [3.05, 3.63) is 107 Å². The second-order valence-electron chi connectivity index (χ2n) is 6.06. The number of hydrogen-bond donors (Lipinski definition) is 0. The molecule has 0 aliphatic rings. The molecule has 0 unspecified atom stereocenters. The Bertz CT molecular complexity index is 742. The fourth-order valence-electron chi connectivity index (χ4n) is 3.12. The summed E-state index contributed by atoms with van der Waals surface area (Å²) in [6.45, 7) is 4.11. The first-order valence-corrected chi connectivity index (χ1v) is 8.56. The van der Waals surface area contributed by atoms with Crippen LogP contribution in [-0.2, 0) is 10.3 Å². The van der Waals surface area contributed by atoms with E-state index in [9.17, 15) is 0 Å². The molecule has 2 heteroatoms. The quantitative estimate of drug-likeness (QED) is 0.515. The van der Waals surface area contributed by atoms with E-state index in [1.807, 2.05) is 60.7 Å². The van der Waals surface area contributed by atoms with Gasteiger partial charge in [-0.3, -0.25) is 0 Å². The Balaban J connectivity index is 2.35. The van der Waals surface area contributed by atoms with Gasteiger partial charge < -0.3 is 4.74 Å². The summed E-state index contributed by atoms with van der Waals surface area (Å²) in [5, 5.41) is 0.700. The highest BCUT2D eigenvalue weighted by atomic mass is 35.5. The summed E-state index contributed by atoms with van der Waals surface area (Å²) in [6, 6.07) is 28.5. The van der Waals surface area contributed by atoms with Gasteiger partial charge in [0.15, 0.2) is 0 Å². The molecule has 3 rings (SSSR count). The fourth-order valence-corrected chi connectivity index (χ4v) is 3.39. The van der Waals surface area contributed by atoms with Gasteiger partial charge in [-0.2, -0.15) is 0 Å². The van der Waals surface area contributed by atoms with Crippen LogP contribution in [0.1, 0.15) is 30.5 Å². The molecule has 0 fully saturated rings. The summed E-state index contributed by atoms with van der Waals surface area (Å²) in [6.07, 6.45) is 0.0293. The predicted molar refractivity (Wildman–Crippen MR) is 100 cm³/mol. The van der Waals surface area contributed by atoms with Crippen LogP contribution in [0.5, 0.6) is 0 Å². The highest BCUT2D eigenvalue weighted by molar-refractivity contribution is 6.31. The summed E-state index contributed by atoms with van der Waals surface area (Å²) in [5.74, 6) is 0. The van der Waals surface area contributed by atoms with Crippen LogP contribution in [0.15, 0.2) is 84.9 Å². The van der Waals surface area contributed by atoms with Crippen molar-refractivity contribution in [3.63, 3.8) is 0 Å². The molecule has 0 bridgehead atoms. The van der Waals surface area contributed by atoms with Crippen molar-refractivity contribution in [1.29, 1.82) is 0 Å². The fraction of sp³-hybridized carbons (Fsp3) is 0.182. The lowest BCUT2D eigenvalue weighted by Crippen LogP contribution is -2.35. The van der Waals surface area contributed by atoms with Crippen molar-refractivity contribution in [2.24, 2.45) is 0 Å². The van der Waals surface area contributed by atoms with Gasteiger partial charge in [0.05, 0.1) is 6.10 Å². The number of hydrogen-bond acceptors (Lipinski definition) is 1. The van der Waals surface area contributed by atoms with Gasteiger partial charge in [-0.25, -0.2) is 0 Å². The molecule has 0 aliphatic heterocycles. The van der Waals surface area contributed by atoms with Gasteiger partial charge in [0.25, 0.3) is 0 Å². The summed E-state index contributed by atoms with van der Waals surface area (Å²) in [5.41, 5.74) is 2.35. The first kappa shape index (κ1) is 16.8. The van der Waals surface area contributed by atoms with Gasteiger partial charge in [-0.1, -0.05) is 90.5 Å². The van der Waals surface area contributed by atoms with Crippen LogP contribution in [0, 0.1) is 0 Å². The molecule has 0 aromatic heterocycles. The maximum Gasteiger partial charge on any atom is 0.145 e. The van der Waals surface area contributed by atoms with Crippen LogP contribution in [0.2, 0.25) is 5.02 Å². The lowest BCUT2D eigenvalue weighted by Gasteiger charge is -2.38. The van der Waals surface area contributed by atoms with Gasteiger partial charge >= 0.3 is 0 Å². The summed E-state index contributed by atoms with van der Waals surface area (Å²) in [7, 11) is 0. The minimum absolute atomic E-state index is 0.0293. The number of ether oxygens (including phenoxy) is 1. The Morgan fingerprint density at radius 3 is 1.62 bits per heavy atom. The van der Waals surface area contributed by atoms with E-state index < -0.39 is 5.60 Å². The van der Waals surface area contributed by atoms with Gasteiger partial charge in [0.1, 0.15) is 5.60 Å². The van der Waals surface area contributed by atoms with E-state index in [0.717, 1.165) is 16.7 Å². The van der Waals surface area contributed by atoms with Gasteiger partial charge in [-0.15, -0.1) is 0 Å². The van der Waals surface area contributed by atoms with Crippen molar-refractivity contribution >= 4 is 11.6 Å². The first-order chi connectivity index (χ1) is 11.6. The van der Waals surface area contributed by atoms with Crippen LogP contribution in [0.3, 0.4) is 0 Å². The van der Waals surface area contributed by atoms with E-state index in [1.165, 1.54) is 0 Å². The molecule has 0 amide bonds. The molecule has 3 aromatic rings. The summed E-state index contributed by atoms with van der Waals surface area (Å²) < 4.78 is 6.59. The molecular formula is C22H21ClO. The zero-order chi connectivity index (χ0) is 17.0. The highest BCUT2D eigenvalue weighted by Gasteiger charge is 2.39. The topological polar surface area (TPSA) is 9.23 Å². The Morgan fingerprint density at radius 1 is 0.708 bits per heavy atom. The third-order valence-corrected chi connectivity index (χ3v) is 4.36. The van der Waals surface area contributed by atoms with Crippen LogP contribution in [0.4, 0.5) is 0 Å². The van der Waals surface area contributed by atoms with E-state index in [0.29, 0.717) is 5.02 Å². The second kappa shape index (κ2) is 7.21. The molecule has 24 heavy (non-hydrogen) atoms. The summed E-state index contributed by atoms with van der Waals surface area (Å²) in [4.78, 5) is 0. The van der Waals surface area contributed by atoms with Gasteiger partial charge in [0.2, 0.25) is 0 Å². The summed E-state index contributed by atoms with van der Waals surface area (Å²) >= 11 is 6.61. The average Bonchev–Trinajstić information content (AvgIpc) is 2.62.